The predicted octanol–water partition coefficient (Wildman–Crippen LogP) is 3.36. The van der Waals surface area contributed by atoms with Crippen LogP contribution in [0.15, 0.2) is 54.6 Å². The number of likely N-dealkylation sites (N-methyl/N-ethyl adjacent to an activating group) is 2. The zero-order valence-electron chi connectivity index (χ0n) is 14.7. The van der Waals surface area contributed by atoms with Crippen molar-refractivity contribution in [3.63, 3.8) is 0 Å². The van der Waals surface area contributed by atoms with Crippen LogP contribution in [0.3, 0.4) is 0 Å². The SMILES string of the molecule is CCN(C(=O)CN(C)CCOc1ccc(C)cc1)c1ccccc1. The van der Waals surface area contributed by atoms with Crippen molar-refractivity contribution in [2.45, 2.75) is 13.8 Å². The highest BCUT2D eigenvalue weighted by Crippen LogP contribution is 2.13. The largest absolute Gasteiger partial charge is 0.492 e. The van der Waals surface area contributed by atoms with E-state index in [1.54, 1.807) is 4.90 Å². The third-order valence-electron chi connectivity index (χ3n) is 3.85. The highest BCUT2D eigenvalue weighted by atomic mass is 16.5. The summed E-state index contributed by atoms with van der Waals surface area (Å²) in [6, 6.07) is 17.8. The van der Waals surface area contributed by atoms with Crippen LogP contribution in [0.2, 0.25) is 0 Å². The first-order chi connectivity index (χ1) is 11.6. The Balaban J connectivity index is 1.79. The van der Waals surface area contributed by atoms with Gasteiger partial charge in [0.05, 0.1) is 6.54 Å². The standard InChI is InChI=1S/C20H26N2O2/c1-4-22(18-8-6-5-7-9-18)20(23)16-21(3)14-15-24-19-12-10-17(2)11-13-19/h5-13H,4,14-16H2,1-3H3. The van der Waals surface area contributed by atoms with Crippen LogP contribution in [0.5, 0.6) is 5.75 Å². The number of nitrogens with zero attached hydrogens (tertiary/aromatic N) is 2. The third-order valence-corrected chi connectivity index (χ3v) is 3.85. The Morgan fingerprint density at radius 1 is 1.04 bits per heavy atom. The van der Waals surface area contributed by atoms with Crippen LogP contribution in [-0.4, -0.2) is 44.1 Å². The van der Waals surface area contributed by atoms with Gasteiger partial charge < -0.3 is 9.64 Å². The van der Waals surface area contributed by atoms with Crippen molar-refractivity contribution in [3.05, 3.63) is 60.2 Å². The average Bonchev–Trinajstić information content (AvgIpc) is 2.58. The molecule has 0 atom stereocenters. The summed E-state index contributed by atoms with van der Waals surface area (Å²) in [4.78, 5) is 16.3. The van der Waals surface area contributed by atoms with Crippen molar-refractivity contribution in [1.29, 1.82) is 0 Å². The lowest BCUT2D eigenvalue weighted by atomic mass is 10.2. The van der Waals surface area contributed by atoms with Crippen molar-refractivity contribution in [3.8, 4) is 5.75 Å². The van der Waals surface area contributed by atoms with Crippen LogP contribution in [0.4, 0.5) is 5.69 Å². The number of amides is 1. The van der Waals surface area contributed by atoms with Gasteiger partial charge in [-0.15, -0.1) is 0 Å². The molecule has 0 heterocycles. The molecule has 0 fully saturated rings. The van der Waals surface area contributed by atoms with Gasteiger partial charge in [-0.25, -0.2) is 0 Å². The summed E-state index contributed by atoms with van der Waals surface area (Å²) < 4.78 is 5.72. The second-order valence-corrected chi connectivity index (χ2v) is 5.87. The van der Waals surface area contributed by atoms with Gasteiger partial charge in [-0.05, 0) is 45.2 Å². The molecule has 0 spiro atoms. The van der Waals surface area contributed by atoms with Gasteiger partial charge >= 0.3 is 0 Å². The molecule has 0 unspecified atom stereocenters. The fourth-order valence-electron chi connectivity index (χ4n) is 2.46. The summed E-state index contributed by atoms with van der Waals surface area (Å²) in [6.45, 7) is 6.34. The Hall–Kier alpha value is -2.33. The van der Waals surface area contributed by atoms with Crippen molar-refractivity contribution < 1.29 is 9.53 Å². The fourth-order valence-corrected chi connectivity index (χ4v) is 2.46. The molecule has 0 aliphatic rings. The first kappa shape index (κ1) is 18.0. The van der Waals surface area contributed by atoms with Crippen molar-refractivity contribution >= 4 is 11.6 Å². The van der Waals surface area contributed by atoms with Crippen LogP contribution in [-0.2, 0) is 4.79 Å². The van der Waals surface area contributed by atoms with E-state index >= 15 is 0 Å². The van der Waals surface area contributed by atoms with Crippen LogP contribution >= 0.6 is 0 Å². The second-order valence-electron chi connectivity index (χ2n) is 5.87. The van der Waals surface area contributed by atoms with E-state index < -0.39 is 0 Å². The normalized spacial score (nSPS) is 10.7. The molecule has 4 nitrogen and oxygen atoms in total. The fraction of sp³-hybridized carbons (Fsp3) is 0.350. The molecule has 2 aromatic rings. The lowest BCUT2D eigenvalue weighted by Gasteiger charge is -2.24. The summed E-state index contributed by atoms with van der Waals surface area (Å²) in [7, 11) is 1.94. The Kier molecular flexibility index (Phi) is 6.82. The number of carbonyl (C=O) groups excluding carboxylic acids is 1. The Labute approximate surface area is 144 Å². The molecule has 4 heteroatoms. The molecule has 2 aromatic carbocycles. The number of benzene rings is 2. The second kappa shape index (κ2) is 9.08. The Morgan fingerprint density at radius 3 is 2.33 bits per heavy atom. The number of hydrogen-bond donors (Lipinski definition) is 0. The topological polar surface area (TPSA) is 32.8 Å². The monoisotopic (exact) mass is 326 g/mol. The molecule has 0 saturated carbocycles. The number of carbonyl (C=O) groups is 1. The molecule has 24 heavy (non-hydrogen) atoms. The van der Waals surface area contributed by atoms with E-state index in [4.69, 9.17) is 4.74 Å². The van der Waals surface area contributed by atoms with E-state index in [1.807, 2.05) is 73.5 Å². The summed E-state index contributed by atoms with van der Waals surface area (Å²) >= 11 is 0. The zero-order chi connectivity index (χ0) is 17.4. The van der Waals surface area contributed by atoms with Crippen LogP contribution in [0, 0.1) is 6.92 Å². The molecule has 1 amide bonds. The summed E-state index contributed by atoms with van der Waals surface area (Å²) in [5.41, 5.74) is 2.15. The highest BCUT2D eigenvalue weighted by Gasteiger charge is 2.15. The molecular weight excluding hydrogens is 300 g/mol. The highest BCUT2D eigenvalue weighted by molar-refractivity contribution is 5.94. The molecule has 0 radical (unpaired) electrons. The van der Waals surface area contributed by atoms with Gasteiger partial charge in [0, 0.05) is 18.8 Å². The minimum atomic E-state index is 0.0986. The van der Waals surface area contributed by atoms with Crippen molar-refractivity contribution in [2.24, 2.45) is 0 Å². The third kappa shape index (κ3) is 5.39. The number of ether oxygens (including phenoxy) is 1. The molecule has 0 aromatic heterocycles. The molecule has 0 bridgehead atoms. The molecule has 0 aliphatic carbocycles. The van der Waals surface area contributed by atoms with Gasteiger partial charge in [-0.3, -0.25) is 9.69 Å². The maximum absolute atomic E-state index is 12.5. The van der Waals surface area contributed by atoms with Crippen LogP contribution < -0.4 is 9.64 Å². The minimum Gasteiger partial charge on any atom is -0.492 e. The first-order valence-electron chi connectivity index (χ1n) is 8.33. The zero-order valence-corrected chi connectivity index (χ0v) is 14.7. The number of rotatable bonds is 8. The molecule has 0 saturated heterocycles. The summed E-state index contributed by atoms with van der Waals surface area (Å²) in [5.74, 6) is 0.960. The molecule has 2 rings (SSSR count). The molecular formula is C20H26N2O2. The first-order valence-corrected chi connectivity index (χ1v) is 8.33. The predicted molar refractivity (Wildman–Crippen MR) is 98.6 cm³/mol. The smallest absolute Gasteiger partial charge is 0.241 e. The van der Waals surface area contributed by atoms with Gasteiger partial charge in [0.2, 0.25) is 5.91 Å². The van der Waals surface area contributed by atoms with Gasteiger partial charge in [0.1, 0.15) is 12.4 Å². The lowest BCUT2D eigenvalue weighted by Crippen LogP contribution is -2.40. The average molecular weight is 326 g/mol. The van der Waals surface area contributed by atoms with Gasteiger partial charge in [-0.2, -0.15) is 0 Å². The number of hydrogen-bond acceptors (Lipinski definition) is 3. The quantitative estimate of drug-likeness (QED) is 0.746. The van der Waals surface area contributed by atoms with Crippen molar-refractivity contribution in [1.82, 2.24) is 4.90 Å². The van der Waals surface area contributed by atoms with E-state index in [2.05, 4.69) is 6.92 Å². The molecule has 0 aliphatic heterocycles. The number of anilines is 1. The lowest BCUT2D eigenvalue weighted by molar-refractivity contribution is -0.119. The van der Waals surface area contributed by atoms with Crippen molar-refractivity contribution in [2.75, 3.05) is 38.2 Å². The number of aryl methyl sites for hydroxylation is 1. The maximum Gasteiger partial charge on any atom is 0.241 e. The summed E-state index contributed by atoms with van der Waals surface area (Å²) in [5, 5.41) is 0. The van der Waals surface area contributed by atoms with E-state index in [0.717, 1.165) is 11.4 Å². The van der Waals surface area contributed by atoms with E-state index in [9.17, 15) is 4.79 Å². The molecule has 0 N–H and O–H groups in total. The Bertz CT molecular complexity index is 626. The maximum atomic E-state index is 12.5. The number of para-hydroxylation sites is 1. The molecule has 128 valence electrons. The van der Waals surface area contributed by atoms with Crippen LogP contribution in [0.1, 0.15) is 12.5 Å². The van der Waals surface area contributed by atoms with Crippen LogP contribution in [0.25, 0.3) is 0 Å². The summed E-state index contributed by atoms with van der Waals surface area (Å²) in [6.07, 6.45) is 0. The van der Waals surface area contributed by atoms with Gasteiger partial charge in [-0.1, -0.05) is 35.9 Å². The van der Waals surface area contributed by atoms with E-state index in [-0.39, 0.29) is 5.91 Å². The minimum absolute atomic E-state index is 0.0986. The van der Waals surface area contributed by atoms with E-state index in [0.29, 0.717) is 26.2 Å². The van der Waals surface area contributed by atoms with Gasteiger partial charge in [0.25, 0.3) is 0 Å². The Morgan fingerprint density at radius 2 is 1.71 bits per heavy atom. The van der Waals surface area contributed by atoms with Gasteiger partial charge in [0.15, 0.2) is 0 Å². The van der Waals surface area contributed by atoms with E-state index in [1.165, 1.54) is 5.56 Å².